The van der Waals surface area contributed by atoms with Crippen molar-refractivity contribution in [3.8, 4) is 0 Å². The van der Waals surface area contributed by atoms with Gasteiger partial charge in [0.25, 0.3) is 6.71 Å². The van der Waals surface area contributed by atoms with Gasteiger partial charge in [0.2, 0.25) is 0 Å². The van der Waals surface area contributed by atoms with Crippen molar-refractivity contribution in [1.29, 1.82) is 0 Å². The first-order valence-electron chi connectivity index (χ1n) is 29.8. The van der Waals surface area contributed by atoms with Crippen molar-refractivity contribution in [2.24, 2.45) is 0 Å². The average molecular weight is 1150 g/mol. The van der Waals surface area contributed by atoms with E-state index in [1.807, 2.05) is 48.5 Å². The maximum Gasteiger partial charge on any atom is 0.252 e. The first-order chi connectivity index (χ1) is 43.6. The molecule has 2 aliphatic rings. The van der Waals surface area contributed by atoms with Crippen LogP contribution in [0, 0.1) is 0 Å². The summed E-state index contributed by atoms with van der Waals surface area (Å²) in [5, 5.41) is 9.63. The summed E-state index contributed by atoms with van der Waals surface area (Å²) in [6, 6.07) is 111. The molecule has 88 heavy (non-hydrogen) atoms. The third kappa shape index (κ3) is 8.20. The number of rotatable bonds is 8. The molecule has 0 bridgehead atoms. The molecule has 0 fully saturated rings. The zero-order valence-corrected chi connectivity index (χ0v) is 48.3. The van der Waals surface area contributed by atoms with Gasteiger partial charge in [0, 0.05) is 67.0 Å². The van der Waals surface area contributed by atoms with Crippen LogP contribution in [-0.4, -0.2) is 6.71 Å². The van der Waals surface area contributed by atoms with E-state index in [-0.39, 0.29) is 6.71 Å². The van der Waals surface area contributed by atoms with Gasteiger partial charge < -0.3 is 28.4 Å². The normalized spacial score (nSPS) is 12.3. The second-order valence-corrected chi connectivity index (χ2v) is 22.8. The fourth-order valence-corrected chi connectivity index (χ4v) is 14.1. The van der Waals surface area contributed by atoms with Crippen molar-refractivity contribution in [3.05, 3.63) is 320 Å². The highest BCUT2D eigenvalue weighted by atomic mass is 35.5. The van der Waals surface area contributed by atoms with Gasteiger partial charge in [-0.1, -0.05) is 206 Å². The second kappa shape index (κ2) is 21.1. The lowest BCUT2D eigenvalue weighted by atomic mass is 9.33. The van der Waals surface area contributed by atoms with Gasteiger partial charge in [0.15, 0.2) is 0 Å². The van der Waals surface area contributed by atoms with E-state index in [0.29, 0.717) is 5.02 Å². The molecule has 0 spiro atoms. The number of halogens is 1. The summed E-state index contributed by atoms with van der Waals surface area (Å²) in [4.78, 5) is 9.34. The number of anilines is 12. The summed E-state index contributed by atoms with van der Waals surface area (Å²) < 4.78 is 13.3. The van der Waals surface area contributed by atoms with Crippen molar-refractivity contribution in [3.63, 3.8) is 0 Å². The van der Waals surface area contributed by atoms with E-state index < -0.39 is 0 Å². The standard InChI is InChI=1S/C40H25BN2O.C40H27ClN2O/c1-3-13-27(14-4-1)42-33-19-10-9-18-31(33)41-32-24-25-36-37(30-23-22-26-12-7-8-17-29(26)40(30)44-36)39(32)43(28-15-5-2-6-16-28)35-21-11-20-34(42)38(35)41;41-39-35(42(29-15-4-1-5-16-29)30-17-6-2-7-18-30)23-12-24-36(39)43(31-19-8-3-9-20-31)34-22-13-25-37-38(34)33-27-26-28-14-10-11-21-32(28)40(33)44-37/h1-25H;1-27H. The topological polar surface area (TPSA) is 39.2 Å². The summed E-state index contributed by atoms with van der Waals surface area (Å²) in [6.07, 6.45) is 0. The Kier molecular flexibility index (Phi) is 12.3. The van der Waals surface area contributed by atoms with Gasteiger partial charge in [-0.05, 0) is 148 Å². The smallest absolute Gasteiger partial charge is 0.252 e. The molecular formula is C80H52BClN4O2. The number of furan rings is 2. The molecule has 0 amide bonds. The van der Waals surface area contributed by atoms with Crippen LogP contribution >= 0.6 is 11.6 Å². The predicted molar refractivity (Wildman–Crippen MR) is 371 cm³/mol. The third-order valence-corrected chi connectivity index (χ3v) is 17.9. The first-order valence-corrected chi connectivity index (χ1v) is 30.2. The predicted octanol–water partition coefficient (Wildman–Crippen LogP) is 21.2. The van der Waals surface area contributed by atoms with Gasteiger partial charge in [-0.15, -0.1) is 0 Å². The molecule has 4 heterocycles. The Morgan fingerprint density at radius 2 is 0.750 bits per heavy atom. The molecule has 8 heteroatoms. The highest BCUT2D eigenvalue weighted by Crippen LogP contribution is 2.51. The molecule has 414 valence electrons. The number of nitrogens with zero attached hydrogens (tertiary/aromatic N) is 4. The maximum absolute atomic E-state index is 7.51. The SMILES string of the molecule is Clc1c(N(c2ccccc2)c2ccccc2)cccc1N(c1ccccc1)c1cccc2oc3c4ccccc4ccc3c12.c1ccc(N2c3ccccc3B3c4ccc5oc6c7ccccc7ccc6c5c4N(c4ccccc4)c4cccc2c43)cc1. The molecular weight excluding hydrogens is 1100 g/mol. The lowest BCUT2D eigenvalue weighted by molar-refractivity contribution is 0.672. The molecule has 14 aromatic carbocycles. The Morgan fingerprint density at radius 1 is 0.307 bits per heavy atom. The van der Waals surface area contributed by atoms with Crippen LogP contribution in [0.1, 0.15) is 0 Å². The highest BCUT2D eigenvalue weighted by molar-refractivity contribution is 7.00. The number of hydrogen-bond donors (Lipinski definition) is 0. The minimum Gasteiger partial charge on any atom is -0.455 e. The highest BCUT2D eigenvalue weighted by Gasteiger charge is 2.44. The molecule has 2 aromatic heterocycles. The molecule has 0 unspecified atom stereocenters. The number of para-hydroxylation sites is 6. The van der Waals surface area contributed by atoms with Crippen LogP contribution in [0.3, 0.4) is 0 Å². The fraction of sp³-hybridized carbons (Fsp3) is 0. The van der Waals surface area contributed by atoms with E-state index in [4.69, 9.17) is 20.4 Å². The molecule has 0 saturated carbocycles. The van der Waals surface area contributed by atoms with Crippen molar-refractivity contribution in [2.75, 3.05) is 19.6 Å². The molecule has 18 rings (SSSR count). The quantitative estimate of drug-likeness (QED) is 0.141. The molecule has 16 aromatic rings. The summed E-state index contributed by atoms with van der Waals surface area (Å²) in [7, 11) is 0. The van der Waals surface area contributed by atoms with Crippen molar-refractivity contribution >= 4 is 168 Å². The van der Waals surface area contributed by atoms with E-state index in [2.05, 4.69) is 287 Å². The van der Waals surface area contributed by atoms with Crippen molar-refractivity contribution in [2.45, 2.75) is 0 Å². The number of benzene rings is 14. The largest absolute Gasteiger partial charge is 0.455 e. The fourth-order valence-electron chi connectivity index (χ4n) is 13.8. The van der Waals surface area contributed by atoms with Gasteiger partial charge >= 0.3 is 0 Å². The van der Waals surface area contributed by atoms with Crippen LogP contribution in [0.25, 0.3) is 65.4 Å². The molecule has 0 aliphatic carbocycles. The minimum absolute atomic E-state index is 0.0714. The van der Waals surface area contributed by atoms with Gasteiger partial charge in [-0.2, -0.15) is 0 Å². The summed E-state index contributed by atoms with van der Waals surface area (Å²) in [5.41, 5.74) is 20.4. The molecule has 0 N–H and O–H groups in total. The molecule has 6 nitrogen and oxygen atoms in total. The summed E-state index contributed by atoms with van der Waals surface area (Å²) in [5.74, 6) is 0. The maximum atomic E-state index is 7.51. The molecule has 0 atom stereocenters. The van der Waals surface area contributed by atoms with Crippen molar-refractivity contribution in [1.82, 2.24) is 0 Å². The Bertz CT molecular complexity index is 5290. The van der Waals surface area contributed by atoms with Crippen LogP contribution < -0.4 is 36.0 Å². The average Bonchev–Trinajstić information content (AvgIpc) is 1.06. The van der Waals surface area contributed by atoms with Gasteiger partial charge in [0.1, 0.15) is 22.3 Å². The molecule has 0 radical (unpaired) electrons. The van der Waals surface area contributed by atoms with E-state index in [9.17, 15) is 0 Å². The Morgan fingerprint density at radius 3 is 1.36 bits per heavy atom. The Labute approximate surface area is 514 Å². The van der Waals surface area contributed by atoms with Gasteiger partial charge in [0.05, 0.1) is 38.5 Å². The molecule has 0 saturated heterocycles. The number of fused-ring (bicyclic) bond motifs is 15. The second-order valence-electron chi connectivity index (χ2n) is 22.4. The monoisotopic (exact) mass is 1150 g/mol. The van der Waals surface area contributed by atoms with Gasteiger partial charge in [-0.25, -0.2) is 0 Å². The van der Waals surface area contributed by atoms with Crippen molar-refractivity contribution < 1.29 is 8.83 Å². The van der Waals surface area contributed by atoms with Crippen LogP contribution in [0.5, 0.6) is 0 Å². The lowest BCUT2D eigenvalue weighted by Crippen LogP contribution is -2.61. The molecule has 2 aliphatic heterocycles. The van der Waals surface area contributed by atoms with Crippen LogP contribution in [-0.2, 0) is 0 Å². The minimum atomic E-state index is 0.0714. The lowest BCUT2D eigenvalue weighted by Gasteiger charge is -2.44. The third-order valence-electron chi connectivity index (χ3n) is 17.5. The van der Waals surface area contributed by atoms with E-state index in [0.717, 1.165) is 106 Å². The van der Waals surface area contributed by atoms with Crippen LogP contribution in [0.2, 0.25) is 5.02 Å². The first kappa shape index (κ1) is 51.2. The van der Waals surface area contributed by atoms with Crippen LogP contribution in [0.15, 0.2) is 324 Å². The Balaban J connectivity index is 0.000000137. The van der Waals surface area contributed by atoms with E-state index in [1.165, 1.54) is 44.5 Å². The van der Waals surface area contributed by atoms with Gasteiger partial charge in [-0.3, -0.25) is 0 Å². The zero-order chi connectivity index (χ0) is 58.2. The Hall–Kier alpha value is -11.2. The van der Waals surface area contributed by atoms with Crippen LogP contribution in [0.4, 0.5) is 68.2 Å². The number of hydrogen-bond acceptors (Lipinski definition) is 6. The van der Waals surface area contributed by atoms with E-state index in [1.54, 1.807) is 0 Å². The zero-order valence-electron chi connectivity index (χ0n) is 47.6. The summed E-state index contributed by atoms with van der Waals surface area (Å²) in [6.45, 7) is 0.0714. The summed E-state index contributed by atoms with van der Waals surface area (Å²) >= 11 is 7.51. The van der Waals surface area contributed by atoms with E-state index >= 15 is 0 Å².